The Kier molecular flexibility index (Phi) is 5.73. The quantitative estimate of drug-likeness (QED) is 0.413. The van der Waals surface area contributed by atoms with Gasteiger partial charge in [0.15, 0.2) is 5.76 Å². The number of carbonyl (C=O) groups is 2. The van der Waals surface area contributed by atoms with Gasteiger partial charge >= 0.3 is 0 Å². The van der Waals surface area contributed by atoms with Crippen LogP contribution >= 0.6 is 11.3 Å². The number of carbonyl (C=O) groups excluding carboxylic acids is 2. The second-order valence-electron chi connectivity index (χ2n) is 7.87. The minimum Gasteiger partial charge on any atom is -0.503 e. The predicted molar refractivity (Wildman–Crippen MR) is 128 cm³/mol. The van der Waals surface area contributed by atoms with Gasteiger partial charge in [-0.05, 0) is 36.2 Å². The largest absolute Gasteiger partial charge is 0.503 e. The van der Waals surface area contributed by atoms with Crippen LogP contribution in [-0.4, -0.2) is 36.6 Å². The van der Waals surface area contributed by atoms with Gasteiger partial charge in [0, 0.05) is 36.9 Å². The van der Waals surface area contributed by atoms with Gasteiger partial charge in [-0.25, -0.2) is 4.98 Å². The van der Waals surface area contributed by atoms with Gasteiger partial charge in [0.25, 0.3) is 5.91 Å². The van der Waals surface area contributed by atoms with Crippen LogP contribution in [0.5, 0.6) is 0 Å². The zero-order chi connectivity index (χ0) is 23.7. The third kappa shape index (κ3) is 3.88. The molecule has 1 aliphatic rings. The number of aromatic nitrogens is 3. The highest BCUT2D eigenvalue weighted by atomic mass is 32.1. The number of Topliss-reactive ketones (excluding diaryl/α,β-unsaturated/α-hetero) is 1. The van der Waals surface area contributed by atoms with Crippen molar-refractivity contribution >= 4 is 23.0 Å². The van der Waals surface area contributed by atoms with Gasteiger partial charge in [0.1, 0.15) is 5.01 Å². The van der Waals surface area contributed by atoms with Crippen molar-refractivity contribution in [2.75, 3.05) is 0 Å². The molecule has 3 aromatic heterocycles. The van der Waals surface area contributed by atoms with Crippen molar-refractivity contribution in [3.8, 4) is 10.6 Å². The van der Waals surface area contributed by atoms with Crippen molar-refractivity contribution in [3.63, 3.8) is 0 Å². The van der Waals surface area contributed by atoms with E-state index in [0.29, 0.717) is 21.1 Å². The Hall–Kier alpha value is -4.17. The van der Waals surface area contributed by atoms with Crippen LogP contribution in [0.15, 0.2) is 90.7 Å². The summed E-state index contributed by atoms with van der Waals surface area (Å²) < 4.78 is 0. The van der Waals surface area contributed by atoms with Crippen molar-refractivity contribution in [3.05, 3.63) is 112 Å². The van der Waals surface area contributed by atoms with E-state index >= 15 is 0 Å². The molecule has 5 rings (SSSR count). The molecule has 1 aromatic carbocycles. The highest BCUT2D eigenvalue weighted by Gasteiger charge is 2.44. The lowest BCUT2D eigenvalue weighted by molar-refractivity contribution is -0.130. The maximum absolute atomic E-state index is 13.8. The Labute approximate surface area is 200 Å². The van der Waals surface area contributed by atoms with Crippen LogP contribution in [0.1, 0.15) is 32.5 Å². The summed E-state index contributed by atoms with van der Waals surface area (Å²) in [7, 11) is 0. The van der Waals surface area contributed by atoms with Gasteiger partial charge in [-0.3, -0.25) is 19.6 Å². The first-order chi connectivity index (χ1) is 16.5. The number of hydrogen-bond acceptors (Lipinski definition) is 7. The van der Waals surface area contributed by atoms with Gasteiger partial charge in [-0.2, -0.15) is 0 Å². The summed E-state index contributed by atoms with van der Waals surface area (Å²) in [5.74, 6) is -1.55. The molecule has 0 aliphatic carbocycles. The highest BCUT2D eigenvalue weighted by Crippen LogP contribution is 2.41. The van der Waals surface area contributed by atoms with Crippen molar-refractivity contribution in [2.24, 2.45) is 0 Å². The smallest absolute Gasteiger partial charge is 0.290 e. The number of amides is 1. The molecule has 7 nitrogen and oxygen atoms in total. The zero-order valence-corrected chi connectivity index (χ0v) is 19.1. The standard InChI is InChI=1S/C26H20N4O3S/c1-16-24(34-25(29-16)18-6-3-2-4-7-18)22(31)20-21(19-8-5-11-28-14-19)30(26(33)23(20)32)15-17-9-12-27-13-10-17/h2-14,21,32H,15H2,1H3. The van der Waals surface area contributed by atoms with Gasteiger partial charge < -0.3 is 10.0 Å². The second kappa shape index (κ2) is 8.99. The SMILES string of the molecule is Cc1nc(-c2ccccc2)sc1C(=O)C1=C(O)C(=O)N(Cc2ccncc2)C1c1cccnc1. The number of nitrogens with zero attached hydrogens (tertiary/aromatic N) is 4. The topological polar surface area (TPSA) is 96.3 Å². The average Bonchev–Trinajstić information content (AvgIpc) is 3.38. The molecule has 0 radical (unpaired) electrons. The average molecular weight is 469 g/mol. The third-order valence-electron chi connectivity index (χ3n) is 5.67. The number of rotatable bonds is 6. The molecule has 34 heavy (non-hydrogen) atoms. The van der Waals surface area contributed by atoms with Crippen molar-refractivity contribution in [1.29, 1.82) is 0 Å². The summed E-state index contributed by atoms with van der Waals surface area (Å²) in [4.78, 5) is 41.6. The molecule has 1 unspecified atom stereocenters. The Morgan fingerprint density at radius 3 is 2.50 bits per heavy atom. The number of benzene rings is 1. The number of pyridine rings is 2. The van der Waals surface area contributed by atoms with Gasteiger partial charge in [-0.1, -0.05) is 36.4 Å². The number of aliphatic hydroxyl groups excluding tert-OH is 1. The van der Waals surface area contributed by atoms with Gasteiger partial charge in [0.05, 0.1) is 22.2 Å². The van der Waals surface area contributed by atoms with Gasteiger partial charge in [0.2, 0.25) is 5.78 Å². The van der Waals surface area contributed by atoms with Crippen molar-refractivity contribution < 1.29 is 14.7 Å². The maximum atomic E-state index is 13.8. The molecule has 1 amide bonds. The summed E-state index contributed by atoms with van der Waals surface area (Å²) in [6.45, 7) is 1.97. The summed E-state index contributed by atoms with van der Waals surface area (Å²) in [5, 5.41) is 11.6. The fourth-order valence-corrected chi connectivity index (χ4v) is 5.08. The van der Waals surface area contributed by atoms with E-state index in [1.165, 1.54) is 16.2 Å². The van der Waals surface area contributed by atoms with E-state index in [-0.39, 0.29) is 12.1 Å². The first kappa shape index (κ1) is 21.7. The molecule has 1 N–H and O–H groups in total. The summed E-state index contributed by atoms with van der Waals surface area (Å²) in [5.41, 5.74) is 2.97. The van der Waals surface area contributed by atoms with Crippen LogP contribution in [-0.2, 0) is 11.3 Å². The Morgan fingerprint density at radius 1 is 1.03 bits per heavy atom. The van der Waals surface area contributed by atoms with E-state index in [4.69, 9.17) is 0 Å². The molecule has 1 atom stereocenters. The van der Waals surface area contributed by atoms with E-state index in [1.54, 1.807) is 56.0 Å². The second-order valence-corrected chi connectivity index (χ2v) is 8.87. The lowest BCUT2D eigenvalue weighted by atomic mass is 9.96. The Morgan fingerprint density at radius 2 is 1.79 bits per heavy atom. The Bertz CT molecular complexity index is 1390. The van der Waals surface area contributed by atoms with Crippen molar-refractivity contribution in [2.45, 2.75) is 19.5 Å². The molecule has 0 bridgehead atoms. The first-order valence-corrected chi connectivity index (χ1v) is 11.5. The van der Waals surface area contributed by atoms with E-state index in [9.17, 15) is 14.7 Å². The number of aryl methyl sites for hydroxylation is 1. The molecule has 0 fully saturated rings. The molecule has 0 saturated heterocycles. The highest BCUT2D eigenvalue weighted by molar-refractivity contribution is 7.17. The molecule has 168 valence electrons. The molecule has 8 heteroatoms. The molecule has 4 aromatic rings. The molecular weight excluding hydrogens is 448 g/mol. The number of aliphatic hydroxyl groups is 1. The summed E-state index contributed by atoms with van der Waals surface area (Å²) in [6, 6.07) is 15.9. The van der Waals surface area contributed by atoms with Gasteiger partial charge in [-0.15, -0.1) is 11.3 Å². The maximum Gasteiger partial charge on any atom is 0.290 e. The lowest BCUT2D eigenvalue weighted by Crippen LogP contribution is -2.30. The number of hydrogen-bond donors (Lipinski definition) is 1. The fourth-order valence-electron chi connectivity index (χ4n) is 4.05. The predicted octanol–water partition coefficient (Wildman–Crippen LogP) is 4.69. The minimum atomic E-state index is -0.774. The molecule has 4 heterocycles. The molecule has 0 saturated carbocycles. The lowest BCUT2D eigenvalue weighted by Gasteiger charge is -2.26. The fraction of sp³-hybridized carbons (Fsp3) is 0.115. The Balaban J connectivity index is 1.57. The number of thiazole rings is 1. The van der Waals surface area contributed by atoms with E-state index in [1.807, 2.05) is 30.3 Å². The summed E-state index contributed by atoms with van der Waals surface area (Å²) >= 11 is 1.25. The zero-order valence-electron chi connectivity index (χ0n) is 18.3. The van der Waals surface area contributed by atoms with Crippen LogP contribution in [0, 0.1) is 6.92 Å². The van der Waals surface area contributed by atoms with E-state index in [0.717, 1.165) is 11.1 Å². The van der Waals surface area contributed by atoms with Crippen LogP contribution in [0.25, 0.3) is 10.6 Å². The van der Waals surface area contributed by atoms with Crippen LogP contribution in [0.4, 0.5) is 0 Å². The van der Waals surface area contributed by atoms with Crippen LogP contribution < -0.4 is 0 Å². The minimum absolute atomic E-state index is 0.0402. The van der Waals surface area contributed by atoms with E-state index in [2.05, 4.69) is 15.0 Å². The first-order valence-electron chi connectivity index (χ1n) is 10.6. The third-order valence-corrected chi connectivity index (χ3v) is 6.88. The molecular formula is C26H20N4O3S. The van der Waals surface area contributed by atoms with E-state index < -0.39 is 23.5 Å². The normalized spacial score (nSPS) is 15.7. The number of ketones is 1. The van der Waals surface area contributed by atoms with Crippen LogP contribution in [0.3, 0.4) is 0 Å². The van der Waals surface area contributed by atoms with Crippen molar-refractivity contribution in [1.82, 2.24) is 19.9 Å². The van der Waals surface area contributed by atoms with Crippen LogP contribution in [0.2, 0.25) is 0 Å². The monoisotopic (exact) mass is 468 g/mol. The molecule has 0 spiro atoms. The molecule has 1 aliphatic heterocycles. The summed E-state index contributed by atoms with van der Waals surface area (Å²) in [6.07, 6.45) is 6.51.